The van der Waals surface area contributed by atoms with E-state index in [1.54, 1.807) is 13.8 Å². The van der Waals surface area contributed by atoms with Gasteiger partial charge in [0.05, 0.1) is 6.10 Å². The van der Waals surface area contributed by atoms with Crippen LogP contribution in [0.2, 0.25) is 0 Å². The third-order valence-electron chi connectivity index (χ3n) is 2.92. The van der Waals surface area contributed by atoms with Crippen molar-refractivity contribution in [1.29, 1.82) is 0 Å². The molecule has 0 aromatic heterocycles. The molecule has 0 aliphatic heterocycles. The summed E-state index contributed by atoms with van der Waals surface area (Å²) >= 11 is 0. The summed E-state index contributed by atoms with van der Waals surface area (Å²) in [6.07, 6.45) is 3.64. The Morgan fingerprint density at radius 3 is 2.82 bits per heavy atom. The Labute approximate surface area is 101 Å². The van der Waals surface area contributed by atoms with E-state index >= 15 is 0 Å². The molecule has 0 fully saturated rings. The predicted molar refractivity (Wildman–Crippen MR) is 62.1 cm³/mol. The van der Waals surface area contributed by atoms with Gasteiger partial charge in [-0.15, -0.1) is 0 Å². The molecule has 0 N–H and O–H groups in total. The molecule has 0 amide bonds. The molecule has 0 aromatic rings. The van der Waals surface area contributed by atoms with Gasteiger partial charge >= 0.3 is 0 Å². The zero-order valence-electron chi connectivity index (χ0n) is 10.4. The number of hydrogen-bond acceptors (Lipinski definition) is 2. The molecule has 0 heterocycles. The Kier molecular flexibility index (Phi) is 5.25. The van der Waals surface area contributed by atoms with Crippen LogP contribution in [0.5, 0.6) is 0 Å². The molecule has 4 heteroatoms. The van der Waals surface area contributed by atoms with Gasteiger partial charge in [0.1, 0.15) is 6.61 Å². The summed E-state index contributed by atoms with van der Waals surface area (Å²) < 4.78 is 31.7. The van der Waals surface area contributed by atoms with Gasteiger partial charge in [0.25, 0.3) is 5.92 Å². The summed E-state index contributed by atoms with van der Waals surface area (Å²) in [6.45, 7) is 3.65. The van der Waals surface area contributed by atoms with Gasteiger partial charge in [-0.05, 0) is 25.3 Å². The normalized spacial score (nSPS) is 24.4. The molecule has 0 radical (unpaired) electrons. The second-order valence-corrected chi connectivity index (χ2v) is 4.83. The summed E-state index contributed by atoms with van der Waals surface area (Å²) in [6, 6.07) is 0. The Morgan fingerprint density at radius 2 is 2.18 bits per heavy atom. The molecule has 2 nitrogen and oxygen atoms in total. The number of ether oxygens (including phenoxy) is 1. The van der Waals surface area contributed by atoms with Crippen molar-refractivity contribution in [2.45, 2.75) is 51.6 Å². The number of hydrogen-bond donors (Lipinski definition) is 0. The molecule has 98 valence electrons. The van der Waals surface area contributed by atoms with Gasteiger partial charge in [-0.2, -0.15) is 0 Å². The molecule has 0 spiro atoms. The molecule has 17 heavy (non-hydrogen) atoms. The fraction of sp³-hybridized carbons (Fsp3) is 0.769. The number of Topliss-reactive ketones (excluding diaryl/α,β-unsaturated/α-hetero) is 1. The number of allylic oxidation sites excluding steroid dienone is 2. The van der Waals surface area contributed by atoms with Crippen LogP contribution >= 0.6 is 0 Å². The Balaban J connectivity index is 2.40. The average molecular weight is 246 g/mol. The fourth-order valence-electron chi connectivity index (χ4n) is 1.65. The Bertz CT molecular complexity index is 285. The molecular formula is C13H20F2O2. The van der Waals surface area contributed by atoms with Gasteiger partial charge in [0.2, 0.25) is 0 Å². The zero-order chi connectivity index (χ0) is 12.9. The Hall–Kier alpha value is -0.770. The van der Waals surface area contributed by atoms with Crippen LogP contribution in [0.3, 0.4) is 0 Å². The molecule has 1 rings (SSSR count). The third-order valence-corrected chi connectivity index (χ3v) is 2.92. The maximum atomic E-state index is 13.1. The van der Waals surface area contributed by atoms with Crippen LogP contribution in [0.15, 0.2) is 12.2 Å². The molecule has 1 atom stereocenters. The number of carbonyl (C=O) groups excluding carboxylic acids is 1. The van der Waals surface area contributed by atoms with Crippen LogP contribution in [-0.2, 0) is 9.53 Å². The quantitative estimate of drug-likeness (QED) is 0.711. The minimum Gasteiger partial charge on any atom is -0.370 e. The molecular weight excluding hydrogens is 226 g/mol. The topological polar surface area (TPSA) is 26.3 Å². The minimum absolute atomic E-state index is 0.0226. The lowest BCUT2D eigenvalue weighted by Gasteiger charge is -2.22. The number of halogens is 2. The van der Waals surface area contributed by atoms with E-state index in [2.05, 4.69) is 0 Å². The lowest BCUT2D eigenvalue weighted by atomic mass is 10.0. The SMILES string of the molecule is CC(C)C(=O)COC1CCC=CC(F)(F)CC1. The first-order chi connectivity index (χ1) is 7.91. The molecule has 1 aliphatic rings. The number of rotatable bonds is 4. The first-order valence-corrected chi connectivity index (χ1v) is 6.10. The highest BCUT2D eigenvalue weighted by Crippen LogP contribution is 2.27. The number of alkyl halides is 2. The fourth-order valence-corrected chi connectivity index (χ4v) is 1.65. The highest BCUT2D eigenvalue weighted by Gasteiger charge is 2.28. The van der Waals surface area contributed by atoms with Crippen LogP contribution in [-0.4, -0.2) is 24.4 Å². The first kappa shape index (κ1) is 14.3. The summed E-state index contributed by atoms with van der Waals surface area (Å²) in [5.74, 6) is -2.77. The lowest BCUT2D eigenvalue weighted by Crippen LogP contribution is -2.25. The van der Waals surface area contributed by atoms with Gasteiger partial charge in [-0.3, -0.25) is 4.79 Å². The van der Waals surface area contributed by atoms with Gasteiger partial charge in [0.15, 0.2) is 5.78 Å². The second kappa shape index (κ2) is 6.24. The van der Waals surface area contributed by atoms with Gasteiger partial charge in [-0.1, -0.05) is 19.9 Å². The number of carbonyl (C=O) groups is 1. The van der Waals surface area contributed by atoms with E-state index in [-0.39, 0.29) is 30.8 Å². The Morgan fingerprint density at radius 1 is 1.47 bits per heavy atom. The predicted octanol–water partition coefficient (Wildman–Crippen LogP) is 3.36. The van der Waals surface area contributed by atoms with E-state index < -0.39 is 5.92 Å². The third kappa shape index (κ3) is 5.39. The molecule has 0 saturated heterocycles. The zero-order valence-corrected chi connectivity index (χ0v) is 10.4. The average Bonchev–Trinajstić information content (AvgIpc) is 2.23. The van der Waals surface area contributed by atoms with Crippen molar-refractivity contribution < 1.29 is 18.3 Å². The lowest BCUT2D eigenvalue weighted by molar-refractivity contribution is -0.129. The maximum Gasteiger partial charge on any atom is 0.266 e. The van der Waals surface area contributed by atoms with Crippen LogP contribution < -0.4 is 0 Å². The summed E-state index contributed by atoms with van der Waals surface area (Å²) in [7, 11) is 0. The first-order valence-electron chi connectivity index (χ1n) is 6.10. The van der Waals surface area contributed by atoms with Crippen LogP contribution in [0.25, 0.3) is 0 Å². The summed E-state index contributed by atoms with van der Waals surface area (Å²) in [5.41, 5.74) is 0. The summed E-state index contributed by atoms with van der Waals surface area (Å²) in [4.78, 5) is 11.4. The van der Waals surface area contributed by atoms with E-state index in [1.165, 1.54) is 6.08 Å². The highest BCUT2D eigenvalue weighted by molar-refractivity contribution is 5.81. The molecule has 0 aromatic carbocycles. The van der Waals surface area contributed by atoms with Crippen molar-refractivity contribution in [3.63, 3.8) is 0 Å². The van der Waals surface area contributed by atoms with Gasteiger partial charge < -0.3 is 4.74 Å². The van der Waals surface area contributed by atoms with E-state index in [9.17, 15) is 13.6 Å². The van der Waals surface area contributed by atoms with Gasteiger partial charge in [-0.25, -0.2) is 8.78 Å². The monoisotopic (exact) mass is 246 g/mol. The van der Waals surface area contributed by atoms with Crippen molar-refractivity contribution in [2.75, 3.05) is 6.61 Å². The van der Waals surface area contributed by atoms with Crippen molar-refractivity contribution in [3.8, 4) is 0 Å². The highest BCUT2D eigenvalue weighted by atomic mass is 19.3. The van der Waals surface area contributed by atoms with Crippen LogP contribution in [0.1, 0.15) is 39.5 Å². The van der Waals surface area contributed by atoms with Crippen molar-refractivity contribution in [1.82, 2.24) is 0 Å². The minimum atomic E-state index is -2.73. The van der Waals surface area contributed by atoms with E-state index in [0.29, 0.717) is 19.3 Å². The van der Waals surface area contributed by atoms with E-state index in [4.69, 9.17) is 4.74 Å². The van der Waals surface area contributed by atoms with Crippen LogP contribution in [0, 0.1) is 5.92 Å². The van der Waals surface area contributed by atoms with Crippen LogP contribution in [0.4, 0.5) is 8.78 Å². The standard InChI is InChI=1S/C13H20F2O2/c1-10(2)12(16)9-17-11-5-3-4-7-13(14,15)8-6-11/h4,7,10-11H,3,5-6,8-9H2,1-2H3. The second-order valence-electron chi connectivity index (χ2n) is 4.83. The molecule has 1 aliphatic carbocycles. The number of ketones is 1. The summed E-state index contributed by atoms with van der Waals surface area (Å²) in [5, 5.41) is 0. The maximum absolute atomic E-state index is 13.1. The molecule has 0 saturated carbocycles. The smallest absolute Gasteiger partial charge is 0.266 e. The van der Waals surface area contributed by atoms with E-state index in [1.807, 2.05) is 0 Å². The van der Waals surface area contributed by atoms with Crippen molar-refractivity contribution >= 4 is 5.78 Å². The van der Waals surface area contributed by atoms with Crippen molar-refractivity contribution in [3.05, 3.63) is 12.2 Å². The molecule has 1 unspecified atom stereocenters. The van der Waals surface area contributed by atoms with E-state index in [0.717, 1.165) is 6.08 Å². The largest absolute Gasteiger partial charge is 0.370 e. The van der Waals surface area contributed by atoms with Gasteiger partial charge in [0, 0.05) is 12.3 Å². The van der Waals surface area contributed by atoms with Crippen molar-refractivity contribution in [2.24, 2.45) is 5.92 Å². The molecule has 0 bridgehead atoms.